The van der Waals surface area contributed by atoms with Crippen LogP contribution in [-0.2, 0) is 11.3 Å². The zero-order valence-corrected chi connectivity index (χ0v) is 12.1. The maximum Gasteiger partial charge on any atom is 0.119 e. The van der Waals surface area contributed by atoms with E-state index in [1.165, 1.54) is 5.56 Å². The van der Waals surface area contributed by atoms with Crippen LogP contribution < -0.4 is 10.1 Å². The van der Waals surface area contributed by atoms with Crippen molar-refractivity contribution in [3.63, 3.8) is 0 Å². The maximum absolute atomic E-state index is 5.60. The molecular weight excluding hydrogens is 226 g/mol. The van der Waals surface area contributed by atoms with E-state index in [9.17, 15) is 0 Å². The average molecular weight is 251 g/mol. The van der Waals surface area contributed by atoms with Crippen LogP contribution in [0.2, 0.25) is 0 Å². The van der Waals surface area contributed by atoms with E-state index in [1.54, 1.807) is 7.11 Å². The second-order valence-electron chi connectivity index (χ2n) is 5.38. The number of benzene rings is 1. The van der Waals surface area contributed by atoms with Crippen molar-refractivity contribution in [1.29, 1.82) is 0 Å². The van der Waals surface area contributed by atoms with Crippen LogP contribution in [0.15, 0.2) is 24.3 Å². The van der Waals surface area contributed by atoms with Gasteiger partial charge in [-0.3, -0.25) is 0 Å². The van der Waals surface area contributed by atoms with Crippen LogP contribution >= 0.6 is 0 Å². The van der Waals surface area contributed by atoms with Crippen molar-refractivity contribution < 1.29 is 9.47 Å². The third-order valence-corrected chi connectivity index (χ3v) is 2.73. The summed E-state index contributed by atoms with van der Waals surface area (Å²) in [6.07, 6.45) is 0.219. The molecule has 0 amide bonds. The topological polar surface area (TPSA) is 30.5 Å². The summed E-state index contributed by atoms with van der Waals surface area (Å²) in [5.74, 6) is 0.922. The molecule has 0 heterocycles. The molecule has 0 saturated carbocycles. The van der Waals surface area contributed by atoms with Gasteiger partial charge in [0, 0.05) is 20.2 Å². The Morgan fingerprint density at radius 3 is 2.28 bits per heavy atom. The lowest BCUT2D eigenvalue weighted by Gasteiger charge is -2.23. The lowest BCUT2D eigenvalue weighted by Crippen LogP contribution is -2.36. The molecule has 0 spiro atoms. The third kappa shape index (κ3) is 5.52. The molecule has 0 aromatic heterocycles. The molecule has 3 heteroatoms. The Morgan fingerprint density at radius 2 is 1.78 bits per heavy atom. The molecule has 1 N–H and O–H groups in total. The zero-order chi connectivity index (χ0) is 13.6. The molecule has 0 unspecified atom stereocenters. The van der Waals surface area contributed by atoms with Gasteiger partial charge in [-0.05, 0) is 45.4 Å². The lowest BCUT2D eigenvalue weighted by molar-refractivity contribution is 0.0230. The normalized spacial score (nSPS) is 11.9. The SMILES string of the molecule is COC(C)(C)CNCc1ccc(OC(C)C)cc1. The fraction of sp³-hybridized carbons (Fsp3) is 0.600. The van der Waals surface area contributed by atoms with E-state index in [1.807, 2.05) is 26.0 Å². The Bertz CT molecular complexity index is 344. The van der Waals surface area contributed by atoms with E-state index >= 15 is 0 Å². The van der Waals surface area contributed by atoms with E-state index in [-0.39, 0.29) is 11.7 Å². The average Bonchev–Trinajstić information content (AvgIpc) is 2.30. The first-order chi connectivity index (χ1) is 8.43. The smallest absolute Gasteiger partial charge is 0.119 e. The summed E-state index contributed by atoms with van der Waals surface area (Å²) in [4.78, 5) is 0. The van der Waals surface area contributed by atoms with Crippen LogP contribution in [0.4, 0.5) is 0 Å². The van der Waals surface area contributed by atoms with E-state index in [0.717, 1.165) is 18.8 Å². The first-order valence-corrected chi connectivity index (χ1v) is 6.44. The Balaban J connectivity index is 2.40. The van der Waals surface area contributed by atoms with E-state index < -0.39 is 0 Å². The van der Waals surface area contributed by atoms with Crippen molar-refractivity contribution in [2.24, 2.45) is 0 Å². The molecule has 3 nitrogen and oxygen atoms in total. The van der Waals surface area contributed by atoms with Crippen LogP contribution in [0.5, 0.6) is 5.75 Å². The third-order valence-electron chi connectivity index (χ3n) is 2.73. The molecule has 0 saturated heterocycles. The minimum absolute atomic E-state index is 0.124. The van der Waals surface area contributed by atoms with Gasteiger partial charge in [-0.25, -0.2) is 0 Å². The van der Waals surface area contributed by atoms with Gasteiger partial charge in [-0.15, -0.1) is 0 Å². The highest BCUT2D eigenvalue weighted by Gasteiger charge is 2.14. The monoisotopic (exact) mass is 251 g/mol. The van der Waals surface area contributed by atoms with Crippen LogP contribution in [0, 0.1) is 0 Å². The summed E-state index contributed by atoms with van der Waals surface area (Å²) in [7, 11) is 1.74. The second kappa shape index (κ2) is 6.76. The second-order valence-corrected chi connectivity index (χ2v) is 5.38. The van der Waals surface area contributed by atoms with Crippen molar-refractivity contribution in [2.45, 2.75) is 45.9 Å². The van der Waals surface area contributed by atoms with Gasteiger partial charge in [0.2, 0.25) is 0 Å². The molecule has 0 radical (unpaired) electrons. The molecule has 0 aliphatic heterocycles. The molecule has 0 fully saturated rings. The Kier molecular flexibility index (Phi) is 5.63. The molecule has 18 heavy (non-hydrogen) atoms. The summed E-state index contributed by atoms with van der Waals surface area (Å²) >= 11 is 0. The molecule has 0 aliphatic carbocycles. The van der Waals surface area contributed by atoms with Crippen LogP contribution in [0.1, 0.15) is 33.3 Å². The van der Waals surface area contributed by atoms with Gasteiger partial charge < -0.3 is 14.8 Å². The molecule has 0 atom stereocenters. The molecule has 1 aromatic carbocycles. The fourth-order valence-electron chi connectivity index (χ4n) is 1.54. The first kappa shape index (κ1) is 15.0. The predicted molar refractivity (Wildman–Crippen MR) is 75.0 cm³/mol. The van der Waals surface area contributed by atoms with Gasteiger partial charge in [0.25, 0.3) is 0 Å². The van der Waals surface area contributed by atoms with Gasteiger partial charge in [0.05, 0.1) is 11.7 Å². The minimum atomic E-state index is -0.124. The number of ether oxygens (including phenoxy) is 2. The molecule has 0 aliphatic rings. The highest BCUT2D eigenvalue weighted by atomic mass is 16.5. The number of hydrogen-bond donors (Lipinski definition) is 1. The number of hydrogen-bond acceptors (Lipinski definition) is 3. The summed E-state index contributed by atoms with van der Waals surface area (Å²) < 4.78 is 11.0. The van der Waals surface area contributed by atoms with Crippen LogP contribution in [0.3, 0.4) is 0 Å². The summed E-state index contributed by atoms with van der Waals surface area (Å²) in [6, 6.07) is 8.20. The molecule has 1 rings (SSSR count). The van der Waals surface area contributed by atoms with Gasteiger partial charge in [0.15, 0.2) is 0 Å². The predicted octanol–water partition coefficient (Wildman–Crippen LogP) is 2.99. The zero-order valence-electron chi connectivity index (χ0n) is 12.1. The van der Waals surface area contributed by atoms with Gasteiger partial charge >= 0.3 is 0 Å². The highest BCUT2D eigenvalue weighted by Crippen LogP contribution is 2.14. The van der Waals surface area contributed by atoms with Crippen molar-refractivity contribution in [3.8, 4) is 5.75 Å². The Hall–Kier alpha value is -1.06. The number of nitrogens with one attached hydrogen (secondary N) is 1. The molecule has 0 bridgehead atoms. The minimum Gasteiger partial charge on any atom is -0.491 e. The summed E-state index contributed by atoms with van der Waals surface area (Å²) in [6.45, 7) is 9.87. The van der Waals surface area contributed by atoms with Gasteiger partial charge in [-0.2, -0.15) is 0 Å². The quantitative estimate of drug-likeness (QED) is 0.808. The van der Waals surface area contributed by atoms with Crippen molar-refractivity contribution >= 4 is 0 Å². The van der Waals surface area contributed by atoms with E-state index in [2.05, 4.69) is 31.3 Å². The molecular formula is C15H25NO2. The van der Waals surface area contributed by atoms with E-state index in [4.69, 9.17) is 9.47 Å². The van der Waals surface area contributed by atoms with Crippen molar-refractivity contribution in [3.05, 3.63) is 29.8 Å². The fourth-order valence-corrected chi connectivity index (χ4v) is 1.54. The summed E-state index contributed by atoms with van der Waals surface area (Å²) in [5.41, 5.74) is 1.12. The standard InChI is InChI=1S/C15H25NO2/c1-12(2)18-14-8-6-13(7-9-14)10-16-11-15(3,4)17-5/h6-9,12,16H,10-11H2,1-5H3. The maximum atomic E-state index is 5.60. The first-order valence-electron chi connectivity index (χ1n) is 6.44. The lowest BCUT2D eigenvalue weighted by atomic mass is 10.1. The highest BCUT2D eigenvalue weighted by molar-refractivity contribution is 5.27. The largest absolute Gasteiger partial charge is 0.491 e. The number of rotatable bonds is 7. The Labute approximate surface area is 110 Å². The Morgan fingerprint density at radius 1 is 1.17 bits per heavy atom. The molecule has 1 aromatic rings. The van der Waals surface area contributed by atoms with Crippen LogP contribution in [-0.4, -0.2) is 25.4 Å². The van der Waals surface area contributed by atoms with Gasteiger partial charge in [0.1, 0.15) is 5.75 Å². The van der Waals surface area contributed by atoms with Crippen molar-refractivity contribution in [1.82, 2.24) is 5.32 Å². The number of methoxy groups -OCH3 is 1. The van der Waals surface area contributed by atoms with E-state index in [0.29, 0.717) is 0 Å². The van der Waals surface area contributed by atoms with Crippen LogP contribution in [0.25, 0.3) is 0 Å². The van der Waals surface area contributed by atoms with Crippen molar-refractivity contribution in [2.75, 3.05) is 13.7 Å². The molecule has 102 valence electrons. The van der Waals surface area contributed by atoms with Gasteiger partial charge in [-0.1, -0.05) is 12.1 Å². The summed E-state index contributed by atoms with van der Waals surface area (Å²) in [5, 5.41) is 3.39.